The number of aromatic nitrogens is 4. The minimum absolute atomic E-state index is 0.0836. The van der Waals surface area contributed by atoms with Crippen molar-refractivity contribution in [1.82, 2.24) is 20.2 Å². The first-order chi connectivity index (χ1) is 7.88. The molecule has 0 spiro atoms. The molecule has 0 bridgehead atoms. The second-order valence-corrected chi connectivity index (χ2v) is 6.07. The van der Waals surface area contributed by atoms with Crippen molar-refractivity contribution in [1.29, 1.82) is 0 Å². The molecule has 0 aliphatic heterocycles. The van der Waals surface area contributed by atoms with E-state index in [-0.39, 0.29) is 5.41 Å². The highest BCUT2D eigenvalue weighted by molar-refractivity contribution is 9.10. The van der Waals surface area contributed by atoms with Crippen molar-refractivity contribution in [2.24, 2.45) is 0 Å². The molecule has 0 radical (unpaired) electrons. The Hall–Kier alpha value is -1.23. The van der Waals surface area contributed by atoms with Gasteiger partial charge < -0.3 is 0 Å². The van der Waals surface area contributed by atoms with Crippen LogP contribution in [0.5, 0.6) is 0 Å². The third kappa shape index (κ3) is 2.54. The van der Waals surface area contributed by atoms with Crippen molar-refractivity contribution >= 4 is 15.9 Å². The van der Waals surface area contributed by atoms with E-state index in [1.54, 1.807) is 4.68 Å². The minimum atomic E-state index is -0.0836. The zero-order valence-corrected chi connectivity index (χ0v) is 12.0. The highest BCUT2D eigenvalue weighted by Crippen LogP contribution is 2.24. The quantitative estimate of drug-likeness (QED) is 0.812. The maximum Gasteiger partial charge on any atom is 0.162 e. The zero-order valence-electron chi connectivity index (χ0n) is 10.4. The molecular weight excluding hydrogens is 280 g/mol. The summed E-state index contributed by atoms with van der Waals surface area (Å²) in [6, 6.07) is 6.14. The van der Waals surface area contributed by atoms with Crippen LogP contribution in [0.4, 0.5) is 0 Å². The normalized spacial score (nSPS) is 11.8. The summed E-state index contributed by atoms with van der Waals surface area (Å²) in [5, 5.41) is 12.0. The molecule has 1 aromatic heterocycles. The maximum absolute atomic E-state index is 4.11. The molecular formula is C12H15BrN4. The second kappa shape index (κ2) is 4.22. The number of tetrazole rings is 1. The van der Waals surface area contributed by atoms with Crippen LogP contribution in [-0.4, -0.2) is 20.2 Å². The molecule has 2 aromatic rings. The topological polar surface area (TPSA) is 43.6 Å². The monoisotopic (exact) mass is 294 g/mol. The maximum atomic E-state index is 4.11. The summed E-state index contributed by atoms with van der Waals surface area (Å²) >= 11 is 3.49. The largest absolute Gasteiger partial charge is 0.197 e. The predicted molar refractivity (Wildman–Crippen MR) is 70.3 cm³/mol. The summed E-state index contributed by atoms with van der Waals surface area (Å²) in [5.41, 5.74) is 2.07. The molecule has 1 aromatic carbocycles. The van der Waals surface area contributed by atoms with Gasteiger partial charge >= 0.3 is 0 Å². The standard InChI is InChI=1S/C12H15BrN4/c1-8-5-9(13)7-10(6-8)17-11(12(2,3)4)14-15-16-17/h5-7H,1-4H3. The Morgan fingerprint density at radius 2 is 1.88 bits per heavy atom. The van der Waals surface area contributed by atoms with Crippen LogP contribution in [0.2, 0.25) is 0 Å². The van der Waals surface area contributed by atoms with Gasteiger partial charge in [0.25, 0.3) is 0 Å². The summed E-state index contributed by atoms with van der Waals surface area (Å²) in [5.74, 6) is 0.856. The molecule has 0 aliphatic rings. The van der Waals surface area contributed by atoms with Crippen LogP contribution >= 0.6 is 15.9 Å². The molecule has 4 nitrogen and oxygen atoms in total. The molecule has 17 heavy (non-hydrogen) atoms. The fraction of sp³-hybridized carbons (Fsp3) is 0.417. The van der Waals surface area contributed by atoms with Crippen molar-refractivity contribution in [3.8, 4) is 5.69 Å². The van der Waals surface area contributed by atoms with Gasteiger partial charge in [0.15, 0.2) is 5.82 Å². The number of halogens is 1. The molecule has 0 saturated heterocycles. The molecule has 2 rings (SSSR count). The lowest BCUT2D eigenvalue weighted by atomic mass is 9.95. The van der Waals surface area contributed by atoms with E-state index in [0.29, 0.717) is 0 Å². The molecule has 5 heteroatoms. The fourth-order valence-corrected chi connectivity index (χ4v) is 2.26. The Kier molecular flexibility index (Phi) is 3.03. The Morgan fingerprint density at radius 3 is 2.47 bits per heavy atom. The van der Waals surface area contributed by atoms with E-state index in [4.69, 9.17) is 0 Å². The van der Waals surface area contributed by atoms with Crippen LogP contribution in [0.25, 0.3) is 5.69 Å². The zero-order chi connectivity index (χ0) is 12.6. The van der Waals surface area contributed by atoms with Gasteiger partial charge in [-0.3, -0.25) is 0 Å². The van der Waals surface area contributed by atoms with Crippen molar-refractivity contribution in [2.45, 2.75) is 33.1 Å². The number of aryl methyl sites for hydroxylation is 1. The van der Waals surface area contributed by atoms with Gasteiger partial charge in [-0.05, 0) is 41.1 Å². The van der Waals surface area contributed by atoms with E-state index in [1.165, 1.54) is 5.56 Å². The molecule has 1 heterocycles. The van der Waals surface area contributed by atoms with Crippen molar-refractivity contribution in [3.63, 3.8) is 0 Å². The molecule has 0 unspecified atom stereocenters. The van der Waals surface area contributed by atoms with Crippen LogP contribution in [-0.2, 0) is 5.41 Å². The second-order valence-electron chi connectivity index (χ2n) is 5.15. The lowest BCUT2D eigenvalue weighted by Crippen LogP contribution is -2.18. The van der Waals surface area contributed by atoms with E-state index < -0.39 is 0 Å². The Balaban J connectivity index is 2.57. The molecule has 0 fully saturated rings. The van der Waals surface area contributed by atoms with E-state index in [1.807, 2.05) is 6.07 Å². The van der Waals surface area contributed by atoms with Gasteiger partial charge in [-0.15, -0.1) is 5.10 Å². The summed E-state index contributed by atoms with van der Waals surface area (Å²) in [6.45, 7) is 8.34. The highest BCUT2D eigenvalue weighted by atomic mass is 79.9. The van der Waals surface area contributed by atoms with Crippen LogP contribution in [0.3, 0.4) is 0 Å². The number of hydrogen-bond donors (Lipinski definition) is 0. The smallest absolute Gasteiger partial charge is 0.162 e. The van der Waals surface area contributed by atoms with E-state index in [0.717, 1.165) is 16.0 Å². The van der Waals surface area contributed by atoms with Gasteiger partial charge in [0.1, 0.15) is 0 Å². The molecule has 90 valence electrons. The average Bonchev–Trinajstić information content (AvgIpc) is 2.63. The molecule has 0 N–H and O–H groups in total. The number of hydrogen-bond acceptors (Lipinski definition) is 3. The lowest BCUT2D eigenvalue weighted by molar-refractivity contribution is 0.526. The Morgan fingerprint density at radius 1 is 1.18 bits per heavy atom. The summed E-state index contributed by atoms with van der Waals surface area (Å²) in [4.78, 5) is 0. The highest BCUT2D eigenvalue weighted by Gasteiger charge is 2.22. The van der Waals surface area contributed by atoms with Gasteiger partial charge in [-0.2, -0.15) is 4.68 Å². The minimum Gasteiger partial charge on any atom is -0.197 e. The van der Waals surface area contributed by atoms with Gasteiger partial charge in [0.2, 0.25) is 0 Å². The van der Waals surface area contributed by atoms with Crippen molar-refractivity contribution in [2.75, 3.05) is 0 Å². The summed E-state index contributed by atoms with van der Waals surface area (Å²) < 4.78 is 2.82. The third-order valence-electron chi connectivity index (χ3n) is 2.41. The van der Waals surface area contributed by atoms with Gasteiger partial charge in [-0.1, -0.05) is 36.7 Å². The lowest BCUT2D eigenvalue weighted by Gasteiger charge is -2.17. The summed E-state index contributed by atoms with van der Waals surface area (Å²) in [6.07, 6.45) is 0. The van der Waals surface area contributed by atoms with E-state index in [9.17, 15) is 0 Å². The van der Waals surface area contributed by atoms with E-state index >= 15 is 0 Å². The average molecular weight is 295 g/mol. The SMILES string of the molecule is Cc1cc(Br)cc(-n2nnnc2C(C)(C)C)c1. The molecule has 0 amide bonds. The number of benzene rings is 1. The number of rotatable bonds is 1. The number of nitrogens with zero attached hydrogens (tertiary/aromatic N) is 4. The van der Waals surface area contributed by atoms with Gasteiger partial charge in [-0.25, -0.2) is 0 Å². The first-order valence-electron chi connectivity index (χ1n) is 5.44. The first-order valence-corrected chi connectivity index (χ1v) is 6.23. The van der Waals surface area contributed by atoms with E-state index in [2.05, 4.69) is 71.3 Å². The molecule has 0 saturated carbocycles. The van der Waals surface area contributed by atoms with Crippen LogP contribution in [0, 0.1) is 6.92 Å². The summed E-state index contributed by atoms with van der Waals surface area (Å²) in [7, 11) is 0. The Labute approximate surface area is 109 Å². The first kappa shape index (κ1) is 12.2. The molecule has 0 atom stereocenters. The van der Waals surface area contributed by atoms with Crippen molar-refractivity contribution < 1.29 is 0 Å². The van der Waals surface area contributed by atoms with Crippen LogP contribution in [0.1, 0.15) is 32.2 Å². The molecule has 0 aliphatic carbocycles. The third-order valence-corrected chi connectivity index (χ3v) is 2.87. The van der Waals surface area contributed by atoms with Crippen LogP contribution in [0.15, 0.2) is 22.7 Å². The van der Waals surface area contributed by atoms with Gasteiger partial charge in [0, 0.05) is 9.89 Å². The van der Waals surface area contributed by atoms with Crippen LogP contribution < -0.4 is 0 Å². The van der Waals surface area contributed by atoms with Crippen molar-refractivity contribution in [3.05, 3.63) is 34.1 Å². The fourth-order valence-electron chi connectivity index (χ4n) is 1.67. The van der Waals surface area contributed by atoms with Gasteiger partial charge in [0.05, 0.1) is 5.69 Å². The predicted octanol–water partition coefficient (Wildman–Crippen LogP) is 3.03. The Bertz CT molecular complexity index is 519.